The van der Waals surface area contributed by atoms with Gasteiger partial charge in [0, 0.05) is 26.4 Å². The molecule has 1 fully saturated rings. The van der Waals surface area contributed by atoms with E-state index >= 15 is 0 Å². The Bertz CT molecular complexity index is 947. The molecule has 0 spiro atoms. The summed E-state index contributed by atoms with van der Waals surface area (Å²) in [7, 11) is 3.15. The molecule has 8 nitrogen and oxygen atoms in total. The van der Waals surface area contributed by atoms with Gasteiger partial charge in [0.05, 0.1) is 36.1 Å². The molecular weight excluding hydrogens is 410 g/mol. The molecule has 1 aromatic heterocycles. The predicted octanol–water partition coefficient (Wildman–Crippen LogP) is 3.57. The molecular formula is C24H35N3O5. The Morgan fingerprint density at radius 3 is 2.69 bits per heavy atom. The molecule has 0 saturated heterocycles. The minimum Gasteiger partial charge on any atom is -0.495 e. The Balaban J connectivity index is 1.73. The molecule has 2 aromatic rings. The average molecular weight is 446 g/mol. The summed E-state index contributed by atoms with van der Waals surface area (Å²) in [6.07, 6.45) is 5.67. The predicted molar refractivity (Wildman–Crippen MR) is 122 cm³/mol. The maximum atomic E-state index is 12.5. The summed E-state index contributed by atoms with van der Waals surface area (Å²) in [5, 5.41) is 8.32. The van der Waals surface area contributed by atoms with Crippen molar-refractivity contribution in [3.8, 4) is 5.75 Å². The molecule has 1 saturated carbocycles. The summed E-state index contributed by atoms with van der Waals surface area (Å²) in [4.78, 5) is 25.1. The molecule has 1 N–H and O–H groups in total. The van der Waals surface area contributed by atoms with Gasteiger partial charge in [-0.1, -0.05) is 6.42 Å². The highest BCUT2D eigenvalue weighted by atomic mass is 16.6. The van der Waals surface area contributed by atoms with Crippen molar-refractivity contribution in [1.29, 1.82) is 0 Å². The zero-order valence-corrected chi connectivity index (χ0v) is 19.8. The van der Waals surface area contributed by atoms with E-state index in [1.807, 2.05) is 37.7 Å². The van der Waals surface area contributed by atoms with Gasteiger partial charge in [0.25, 0.3) is 5.91 Å². The van der Waals surface area contributed by atoms with Gasteiger partial charge < -0.3 is 19.5 Å². The molecule has 1 heterocycles. The van der Waals surface area contributed by atoms with E-state index in [9.17, 15) is 9.59 Å². The second kappa shape index (κ2) is 10.3. The number of fused-ring (bicyclic) bond motifs is 1. The Morgan fingerprint density at radius 1 is 1.22 bits per heavy atom. The fraction of sp³-hybridized carbons (Fsp3) is 0.625. The van der Waals surface area contributed by atoms with E-state index in [1.165, 1.54) is 0 Å². The minimum absolute atomic E-state index is 0.0603. The van der Waals surface area contributed by atoms with Gasteiger partial charge in [-0.3, -0.25) is 14.3 Å². The van der Waals surface area contributed by atoms with Gasteiger partial charge >= 0.3 is 5.97 Å². The summed E-state index contributed by atoms with van der Waals surface area (Å²) in [5.41, 5.74) is 0.779. The van der Waals surface area contributed by atoms with E-state index in [2.05, 4.69) is 10.4 Å². The first kappa shape index (κ1) is 24.0. The van der Waals surface area contributed by atoms with Crippen molar-refractivity contribution in [2.45, 2.75) is 58.6 Å². The number of nitrogens with zero attached hydrogens (tertiary/aromatic N) is 2. The lowest BCUT2D eigenvalue weighted by Crippen LogP contribution is -2.32. The van der Waals surface area contributed by atoms with Crippen LogP contribution in [0.1, 0.15) is 56.8 Å². The lowest BCUT2D eigenvalue weighted by Gasteiger charge is -2.30. The number of benzene rings is 1. The molecule has 1 amide bonds. The number of esters is 1. The number of carbonyl (C=O) groups is 2. The number of hydrogen-bond acceptors (Lipinski definition) is 6. The number of amides is 1. The summed E-state index contributed by atoms with van der Waals surface area (Å²) in [6.45, 7) is 7.29. The third-order valence-electron chi connectivity index (χ3n) is 5.70. The molecule has 0 bridgehead atoms. The van der Waals surface area contributed by atoms with Crippen LogP contribution in [0.15, 0.2) is 18.3 Å². The van der Waals surface area contributed by atoms with Crippen LogP contribution in [0.25, 0.3) is 10.9 Å². The van der Waals surface area contributed by atoms with Crippen LogP contribution < -0.4 is 10.1 Å². The Morgan fingerprint density at radius 2 is 2.00 bits per heavy atom. The van der Waals surface area contributed by atoms with E-state index in [-0.39, 0.29) is 17.8 Å². The van der Waals surface area contributed by atoms with E-state index in [1.54, 1.807) is 20.3 Å². The van der Waals surface area contributed by atoms with Gasteiger partial charge in [-0.25, -0.2) is 0 Å². The number of nitrogens with one attached hydrogen (secondary N) is 1. The second-order valence-electron chi connectivity index (χ2n) is 9.44. The topological polar surface area (TPSA) is 91.7 Å². The van der Waals surface area contributed by atoms with E-state index in [0.717, 1.165) is 36.6 Å². The highest BCUT2D eigenvalue weighted by Crippen LogP contribution is 2.33. The normalized spacial score (nSPS) is 19.0. The SMILES string of the molecule is COCCNC(=O)c1ccc2nn(CC3CCCC(C(=O)OC(C)(C)C)C3)cc2c1OC. The van der Waals surface area contributed by atoms with Gasteiger partial charge in [0.1, 0.15) is 11.4 Å². The maximum Gasteiger partial charge on any atom is 0.309 e. The molecule has 32 heavy (non-hydrogen) atoms. The highest BCUT2D eigenvalue weighted by Gasteiger charge is 2.31. The van der Waals surface area contributed by atoms with E-state index in [4.69, 9.17) is 14.2 Å². The standard InChI is InChI=1S/C24H35N3O5/c1-24(2,3)32-23(29)17-8-6-7-16(13-17)14-27-15-19-20(26-27)10-9-18(21(19)31-5)22(28)25-11-12-30-4/h9-10,15-17H,6-8,11-14H2,1-5H3,(H,25,28). The van der Waals surface area contributed by atoms with Crippen LogP contribution in [-0.2, 0) is 20.8 Å². The van der Waals surface area contributed by atoms with Crippen LogP contribution >= 0.6 is 0 Å². The fourth-order valence-electron chi connectivity index (χ4n) is 4.29. The van der Waals surface area contributed by atoms with Crippen LogP contribution in [0, 0.1) is 11.8 Å². The molecule has 3 rings (SSSR count). The van der Waals surface area contributed by atoms with Crippen molar-refractivity contribution in [1.82, 2.24) is 15.1 Å². The van der Waals surface area contributed by atoms with Gasteiger partial charge in [-0.05, 0) is 58.1 Å². The van der Waals surface area contributed by atoms with Crippen LogP contribution in [0.2, 0.25) is 0 Å². The summed E-state index contributed by atoms with van der Waals surface area (Å²) in [5.74, 6) is 0.492. The molecule has 1 aliphatic rings. The number of rotatable bonds is 8. The maximum absolute atomic E-state index is 12.5. The number of methoxy groups -OCH3 is 2. The minimum atomic E-state index is -0.464. The van der Waals surface area contributed by atoms with Crippen LogP contribution in [0.5, 0.6) is 5.75 Å². The van der Waals surface area contributed by atoms with Crippen LogP contribution in [-0.4, -0.2) is 54.6 Å². The quantitative estimate of drug-likeness (QED) is 0.493. The second-order valence-corrected chi connectivity index (χ2v) is 9.44. The highest BCUT2D eigenvalue weighted by molar-refractivity contribution is 6.03. The average Bonchev–Trinajstić information content (AvgIpc) is 3.14. The van der Waals surface area contributed by atoms with Crippen molar-refractivity contribution >= 4 is 22.8 Å². The first-order chi connectivity index (χ1) is 15.2. The van der Waals surface area contributed by atoms with Crippen molar-refractivity contribution in [3.05, 3.63) is 23.9 Å². The Labute approximate surface area is 189 Å². The van der Waals surface area contributed by atoms with Crippen molar-refractivity contribution < 1.29 is 23.8 Å². The number of aromatic nitrogens is 2. The van der Waals surface area contributed by atoms with E-state index < -0.39 is 5.60 Å². The fourth-order valence-corrected chi connectivity index (χ4v) is 4.29. The smallest absolute Gasteiger partial charge is 0.309 e. The third kappa shape index (κ3) is 6.00. The first-order valence-corrected chi connectivity index (χ1v) is 11.3. The van der Waals surface area contributed by atoms with Gasteiger partial charge in [-0.2, -0.15) is 5.10 Å². The van der Waals surface area contributed by atoms with Crippen LogP contribution in [0.4, 0.5) is 0 Å². The largest absolute Gasteiger partial charge is 0.495 e. The summed E-state index contributed by atoms with van der Waals surface area (Å²) < 4.78 is 18.1. The molecule has 1 aliphatic carbocycles. The van der Waals surface area contributed by atoms with Crippen molar-refractivity contribution in [3.63, 3.8) is 0 Å². The summed E-state index contributed by atoms with van der Waals surface area (Å²) >= 11 is 0. The monoisotopic (exact) mass is 445 g/mol. The molecule has 0 radical (unpaired) electrons. The van der Waals surface area contributed by atoms with E-state index in [0.29, 0.717) is 36.9 Å². The van der Waals surface area contributed by atoms with Crippen molar-refractivity contribution in [2.24, 2.45) is 11.8 Å². The molecule has 2 unspecified atom stereocenters. The zero-order valence-electron chi connectivity index (χ0n) is 19.8. The number of hydrogen-bond donors (Lipinski definition) is 1. The first-order valence-electron chi connectivity index (χ1n) is 11.3. The Hall–Kier alpha value is -2.61. The molecule has 2 atom stereocenters. The lowest BCUT2D eigenvalue weighted by molar-refractivity contribution is -0.161. The lowest BCUT2D eigenvalue weighted by atomic mass is 9.81. The van der Waals surface area contributed by atoms with Gasteiger partial charge in [-0.15, -0.1) is 0 Å². The number of ether oxygens (including phenoxy) is 3. The van der Waals surface area contributed by atoms with Gasteiger partial charge in [0.2, 0.25) is 0 Å². The number of carbonyl (C=O) groups excluding carboxylic acids is 2. The van der Waals surface area contributed by atoms with Gasteiger partial charge in [0.15, 0.2) is 0 Å². The zero-order chi connectivity index (χ0) is 23.3. The molecule has 8 heteroatoms. The summed E-state index contributed by atoms with van der Waals surface area (Å²) in [6, 6.07) is 3.57. The van der Waals surface area contributed by atoms with Crippen LogP contribution in [0.3, 0.4) is 0 Å². The third-order valence-corrected chi connectivity index (χ3v) is 5.70. The molecule has 0 aliphatic heterocycles. The molecule has 1 aromatic carbocycles. The van der Waals surface area contributed by atoms with Crippen molar-refractivity contribution in [2.75, 3.05) is 27.4 Å². The Kier molecular flexibility index (Phi) is 7.77. The molecule has 176 valence electrons.